The maximum absolute atomic E-state index is 10.8. The van der Waals surface area contributed by atoms with E-state index in [1.807, 2.05) is 0 Å². The first kappa shape index (κ1) is 14.8. The van der Waals surface area contributed by atoms with Gasteiger partial charge in [-0.05, 0) is 0 Å². The standard InChI is InChI=1S/C9H14O9/c10-1-2-4(11)5(12)6(13)7(18-2)3(8(14)15)9(16)17/h2-7,10-13H,1H2,(H,14,15)(H,16,17)/t2-,4+,5+,6-,7?/m1/s1. The van der Waals surface area contributed by atoms with Crippen LogP contribution in [-0.4, -0.2) is 79.7 Å². The number of aliphatic hydroxyl groups excluding tert-OH is 4. The molecule has 0 radical (unpaired) electrons. The number of aliphatic hydroxyl groups is 4. The summed E-state index contributed by atoms with van der Waals surface area (Å²) in [6.45, 7) is -0.757. The van der Waals surface area contributed by atoms with Gasteiger partial charge in [-0.1, -0.05) is 0 Å². The minimum Gasteiger partial charge on any atom is -0.481 e. The molecular formula is C9H14O9. The minimum atomic E-state index is -2.11. The predicted molar refractivity (Wildman–Crippen MR) is 52.5 cm³/mol. The van der Waals surface area contributed by atoms with Crippen LogP contribution in [0.1, 0.15) is 0 Å². The highest BCUT2D eigenvalue weighted by atomic mass is 16.5. The molecule has 0 aromatic rings. The van der Waals surface area contributed by atoms with Crippen molar-refractivity contribution < 1.29 is 45.0 Å². The van der Waals surface area contributed by atoms with Gasteiger partial charge in [-0.25, -0.2) is 0 Å². The molecule has 0 aromatic heterocycles. The van der Waals surface area contributed by atoms with E-state index in [0.717, 1.165) is 0 Å². The van der Waals surface area contributed by atoms with Crippen molar-refractivity contribution in [1.29, 1.82) is 0 Å². The quantitative estimate of drug-likeness (QED) is 0.284. The van der Waals surface area contributed by atoms with Crippen molar-refractivity contribution in [3.8, 4) is 0 Å². The van der Waals surface area contributed by atoms with Crippen LogP contribution in [0.2, 0.25) is 0 Å². The molecule has 1 fully saturated rings. The molecule has 1 saturated heterocycles. The molecule has 9 heteroatoms. The molecule has 1 aliphatic heterocycles. The molecule has 18 heavy (non-hydrogen) atoms. The SMILES string of the molecule is O=C(O)C(C(=O)O)C1O[C@H](CO)[C@H](O)[C@H](O)[C@H]1O. The first-order valence-corrected chi connectivity index (χ1v) is 5.07. The molecule has 0 aliphatic carbocycles. The Hall–Kier alpha value is -1.26. The second-order valence-electron chi connectivity index (χ2n) is 3.95. The highest BCUT2D eigenvalue weighted by molar-refractivity contribution is 5.93. The number of hydrogen-bond acceptors (Lipinski definition) is 7. The van der Waals surface area contributed by atoms with E-state index < -0.39 is 55.0 Å². The lowest BCUT2D eigenvalue weighted by molar-refractivity contribution is -0.242. The minimum absolute atomic E-state index is 0.757. The zero-order chi connectivity index (χ0) is 14.0. The van der Waals surface area contributed by atoms with Gasteiger partial charge in [0.2, 0.25) is 0 Å². The van der Waals surface area contributed by atoms with Crippen molar-refractivity contribution in [3.63, 3.8) is 0 Å². The van der Waals surface area contributed by atoms with E-state index >= 15 is 0 Å². The van der Waals surface area contributed by atoms with Gasteiger partial charge in [0, 0.05) is 0 Å². The fraction of sp³-hybridized carbons (Fsp3) is 0.778. The highest BCUT2D eigenvalue weighted by Gasteiger charge is 2.50. The monoisotopic (exact) mass is 266 g/mol. The Kier molecular flexibility index (Phi) is 4.59. The molecule has 104 valence electrons. The van der Waals surface area contributed by atoms with Crippen molar-refractivity contribution in [2.24, 2.45) is 5.92 Å². The third-order valence-corrected chi connectivity index (χ3v) is 2.79. The molecule has 1 rings (SSSR count). The van der Waals surface area contributed by atoms with Crippen molar-refractivity contribution in [1.82, 2.24) is 0 Å². The topological polar surface area (TPSA) is 165 Å². The summed E-state index contributed by atoms with van der Waals surface area (Å²) in [6.07, 6.45) is -8.46. The zero-order valence-corrected chi connectivity index (χ0v) is 9.08. The Morgan fingerprint density at radius 1 is 1.00 bits per heavy atom. The van der Waals surface area contributed by atoms with Crippen LogP contribution in [0.3, 0.4) is 0 Å². The van der Waals surface area contributed by atoms with Gasteiger partial charge in [0.05, 0.1) is 6.61 Å². The van der Waals surface area contributed by atoms with E-state index in [4.69, 9.17) is 20.1 Å². The van der Waals surface area contributed by atoms with E-state index in [1.54, 1.807) is 0 Å². The Bertz CT molecular complexity index is 314. The Balaban J connectivity index is 2.99. The first-order valence-electron chi connectivity index (χ1n) is 5.07. The summed E-state index contributed by atoms with van der Waals surface area (Å²) in [7, 11) is 0. The van der Waals surface area contributed by atoms with Crippen LogP contribution < -0.4 is 0 Å². The first-order chi connectivity index (χ1) is 8.31. The van der Waals surface area contributed by atoms with Crippen LogP contribution in [0.25, 0.3) is 0 Å². The molecule has 0 bridgehead atoms. The molecule has 1 aliphatic rings. The number of carboxylic acids is 2. The smallest absolute Gasteiger partial charge is 0.320 e. The van der Waals surface area contributed by atoms with Gasteiger partial charge in [0.15, 0.2) is 5.92 Å². The van der Waals surface area contributed by atoms with E-state index in [1.165, 1.54) is 0 Å². The van der Waals surface area contributed by atoms with Gasteiger partial charge in [-0.3, -0.25) is 9.59 Å². The number of ether oxygens (including phenoxy) is 1. The summed E-state index contributed by atoms with van der Waals surface area (Å²) in [5.74, 6) is -5.63. The van der Waals surface area contributed by atoms with Crippen molar-refractivity contribution in [2.75, 3.05) is 6.61 Å². The van der Waals surface area contributed by atoms with Crippen LogP contribution in [-0.2, 0) is 14.3 Å². The Morgan fingerprint density at radius 2 is 1.50 bits per heavy atom. The average Bonchev–Trinajstić information content (AvgIpc) is 2.28. The van der Waals surface area contributed by atoms with Gasteiger partial charge >= 0.3 is 11.9 Å². The van der Waals surface area contributed by atoms with Gasteiger partial charge < -0.3 is 35.4 Å². The van der Waals surface area contributed by atoms with E-state index in [9.17, 15) is 24.9 Å². The summed E-state index contributed by atoms with van der Waals surface area (Å²) < 4.78 is 4.84. The Morgan fingerprint density at radius 3 is 1.89 bits per heavy atom. The molecule has 0 amide bonds. The normalized spacial score (nSPS) is 36.6. The molecule has 1 unspecified atom stereocenters. The number of aliphatic carboxylic acids is 2. The maximum Gasteiger partial charge on any atom is 0.320 e. The van der Waals surface area contributed by atoms with E-state index in [2.05, 4.69) is 0 Å². The fourth-order valence-electron chi connectivity index (χ4n) is 1.79. The summed E-state index contributed by atoms with van der Waals surface area (Å²) in [6, 6.07) is 0. The molecule has 9 nitrogen and oxygen atoms in total. The van der Waals surface area contributed by atoms with Crippen molar-refractivity contribution >= 4 is 11.9 Å². The molecule has 0 aromatic carbocycles. The highest BCUT2D eigenvalue weighted by Crippen LogP contribution is 2.26. The lowest BCUT2D eigenvalue weighted by Crippen LogP contribution is -2.62. The lowest BCUT2D eigenvalue weighted by Gasteiger charge is -2.41. The summed E-state index contributed by atoms with van der Waals surface area (Å²) in [5.41, 5.74) is 0. The largest absolute Gasteiger partial charge is 0.481 e. The van der Waals surface area contributed by atoms with Crippen LogP contribution in [0.15, 0.2) is 0 Å². The Labute approximate surface area is 101 Å². The third-order valence-electron chi connectivity index (χ3n) is 2.79. The number of rotatable bonds is 4. The van der Waals surface area contributed by atoms with E-state index in [0.29, 0.717) is 0 Å². The van der Waals surface area contributed by atoms with Crippen LogP contribution in [0, 0.1) is 5.92 Å². The van der Waals surface area contributed by atoms with Gasteiger partial charge in [0.1, 0.15) is 30.5 Å². The molecule has 0 spiro atoms. The summed E-state index contributed by atoms with van der Waals surface area (Å²) in [5, 5.41) is 54.8. The molecular weight excluding hydrogens is 252 g/mol. The van der Waals surface area contributed by atoms with Gasteiger partial charge in [-0.2, -0.15) is 0 Å². The van der Waals surface area contributed by atoms with Crippen LogP contribution >= 0.6 is 0 Å². The lowest BCUT2D eigenvalue weighted by atomic mass is 9.88. The maximum atomic E-state index is 10.8. The molecule has 1 heterocycles. The van der Waals surface area contributed by atoms with Gasteiger partial charge in [0.25, 0.3) is 0 Å². The fourth-order valence-corrected chi connectivity index (χ4v) is 1.79. The van der Waals surface area contributed by atoms with Crippen LogP contribution in [0.4, 0.5) is 0 Å². The third kappa shape index (κ3) is 2.60. The number of carboxylic acid groups (broad SMARTS) is 2. The summed E-state index contributed by atoms with van der Waals surface area (Å²) in [4.78, 5) is 21.6. The predicted octanol–water partition coefficient (Wildman–Crippen LogP) is -3.39. The molecule has 5 atom stereocenters. The van der Waals surface area contributed by atoms with E-state index in [-0.39, 0.29) is 0 Å². The summed E-state index contributed by atoms with van der Waals surface area (Å²) >= 11 is 0. The zero-order valence-electron chi connectivity index (χ0n) is 9.08. The van der Waals surface area contributed by atoms with Crippen molar-refractivity contribution in [3.05, 3.63) is 0 Å². The number of carbonyl (C=O) groups is 2. The van der Waals surface area contributed by atoms with Crippen LogP contribution in [0.5, 0.6) is 0 Å². The second kappa shape index (κ2) is 5.59. The average molecular weight is 266 g/mol. The second-order valence-corrected chi connectivity index (χ2v) is 3.95. The molecule has 0 saturated carbocycles. The number of hydrogen-bond donors (Lipinski definition) is 6. The molecule has 6 N–H and O–H groups in total. The van der Waals surface area contributed by atoms with Gasteiger partial charge in [-0.15, -0.1) is 0 Å². The van der Waals surface area contributed by atoms with Crippen molar-refractivity contribution in [2.45, 2.75) is 30.5 Å².